The van der Waals surface area contributed by atoms with Crippen LogP contribution >= 0.6 is 0 Å². The first-order valence-corrected chi connectivity index (χ1v) is 6.36. The summed E-state index contributed by atoms with van der Waals surface area (Å²) in [6.07, 6.45) is 5.07. The number of hydrogen-bond acceptors (Lipinski definition) is 2. The predicted molar refractivity (Wildman–Crippen MR) is 80.2 cm³/mol. The van der Waals surface area contributed by atoms with Crippen LogP contribution in [0.3, 0.4) is 0 Å². The summed E-state index contributed by atoms with van der Waals surface area (Å²) < 4.78 is 0. The molecule has 0 aliphatic rings. The van der Waals surface area contributed by atoms with Gasteiger partial charge in [0, 0.05) is 0 Å². The standard InChI is InChI=1S/C13H24O4.Li.Na.2H/c1-4-5-6-7-8-9-13(10(2)3,11(14)15)12(16)17;;;;/h10H,4-9H2,1-3H3,(H,14,15)(H,16,17);;;;. The summed E-state index contributed by atoms with van der Waals surface area (Å²) in [7, 11) is 0. The average molecular weight is 276 g/mol. The van der Waals surface area contributed by atoms with Gasteiger partial charge in [-0.05, 0) is 12.3 Å². The summed E-state index contributed by atoms with van der Waals surface area (Å²) in [4.78, 5) is 22.5. The Hall–Kier alpha value is 0.537. The van der Waals surface area contributed by atoms with E-state index in [0.29, 0.717) is 6.42 Å². The van der Waals surface area contributed by atoms with Crippen molar-refractivity contribution in [2.45, 2.75) is 59.3 Å². The molecule has 0 aliphatic carbocycles. The van der Waals surface area contributed by atoms with E-state index in [1.165, 1.54) is 0 Å². The van der Waals surface area contributed by atoms with Crippen LogP contribution in [0.4, 0.5) is 0 Å². The minimum absolute atomic E-state index is 0. The Balaban J connectivity index is -0.00000128. The van der Waals surface area contributed by atoms with E-state index in [1.54, 1.807) is 13.8 Å². The molecule has 0 spiro atoms. The van der Waals surface area contributed by atoms with Crippen molar-refractivity contribution in [3.8, 4) is 0 Å². The Morgan fingerprint density at radius 3 is 1.74 bits per heavy atom. The fraction of sp³-hybridized carbons (Fsp3) is 0.846. The monoisotopic (exact) mass is 276 g/mol. The molecular weight excluding hydrogens is 250 g/mol. The second-order valence-corrected chi connectivity index (χ2v) is 4.90. The van der Waals surface area contributed by atoms with Crippen molar-refractivity contribution in [2.75, 3.05) is 0 Å². The van der Waals surface area contributed by atoms with Gasteiger partial charge < -0.3 is 10.2 Å². The van der Waals surface area contributed by atoms with Gasteiger partial charge in [-0.3, -0.25) is 9.59 Å². The van der Waals surface area contributed by atoms with Gasteiger partial charge in [-0.1, -0.05) is 52.9 Å². The van der Waals surface area contributed by atoms with Crippen LogP contribution in [0.25, 0.3) is 0 Å². The molecule has 0 rings (SSSR count). The van der Waals surface area contributed by atoms with Gasteiger partial charge in [0.2, 0.25) is 0 Å². The van der Waals surface area contributed by atoms with E-state index in [1.807, 2.05) is 0 Å². The molecule has 0 saturated heterocycles. The van der Waals surface area contributed by atoms with Gasteiger partial charge in [-0.15, -0.1) is 0 Å². The number of carboxylic acids is 2. The molecule has 0 unspecified atom stereocenters. The van der Waals surface area contributed by atoms with Gasteiger partial charge in [0.1, 0.15) is 0 Å². The van der Waals surface area contributed by atoms with Crippen LogP contribution in [0.2, 0.25) is 0 Å². The molecule has 6 heteroatoms. The summed E-state index contributed by atoms with van der Waals surface area (Å²) in [6, 6.07) is 0. The van der Waals surface area contributed by atoms with Crippen LogP contribution in [0.15, 0.2) is 0 Å². The van der Waals surface area contributed by atoms with Crippen molar-refractivity contribution in [2.24, 2.45) is 11.3 Å². The van der Waals surface area contributed by atoms with Gasteiger partial charge in [-0.2, -0.15) is 0 Å². The first-order chi connectivity index (χ1) is 7.89. The second-order valence-electron chi connectivity index (χ2n) is 4.90. The molecule has 0 aromatic carbocycles. The third-order valence-corrected chi connectivity index (χ3v) is 3.42. The number of aliphatic carboxylic acids is 2. The van der Waals surface area contributed by atoms with E-state index in [-0.39, 0.29) is 54.8 Å². The molecule has 104 valence electrons. The van der Waals surface area contributed by atoms with Crippen molar-refractivity contribution in [1.82, 2.24) is 0 Å². The number of unbranched alkanes of at least 4 members (excludes halogenated alkanes) is 4. The zero-order valence-electron chi connectivity index (χ0n) is 11.0. The van der Waals surface area contributed by atoms with Gasteiger partial charge in [0.05, 0.1) is 0 Å². The fourth-order valence-electron chi connectivity index (χ4n) is 2.10. The molecule has 0 bridgehead atoms. The number of rotatable bonds is 9. The van der Waals surface area contributed by atoms with E-state index in [9.17, 15) is 19.8 Å². The van der Waals surface area contributed by atoms with E-state index < -0.39 is 23.3 Å². The summed E-state index contributed by atoms with van der Waals surface area (Å²) in [5.74, 6) is -2.82. The van der Waals surface area contributed by atoms with E-state index in [2.05, 4.69) is 6.92 Å². The molecule has 19 heavy (non-hydrogen) atoms. The van der Waals surface area contributed by atoms with Crippen LogP contribution in [0, 0.1) is 11.3 Å². The molecule has 0 saturated carbocycles. The third kappa shape index (κ3) is 7.20. The maximum atomic E-state index is 11.2. The van der Waals surface area contributed by atoms with Crippen molar-refractivity contribution < 1.29 is 19.8 Å². The molecule has 0 aliphatic heterocycles. The summed E-state index contributed by atoms with van der Waals surface area (Å²) in [5, 5.41) is 18.4. The summed E-state index contributed by atoms with van der Waals surface area (Å²) in [6.45, 7) is 5.43. The number of carbonyl (C=O) groups is 2. The van der Waals surface area contributed by atoms with Crippen LogP contribution in [-0.4, -0.2) is 70.6 Å². The molecular formula is C13H26LiNaO4. The molecule has 0 atom stereocenters. The van der Waals surface area contributed by atoms with Crippen LogP contribution < -0.4 is 0 Å². The molecule has 0 radical (unpaired) electrons. The molecule has 0 heterocycles. The van der Waals surface area contributed by atoms with Crippen LogP contribution in [0.1, 0.15) is 59.3 Å². The van der Waals surface area contributed by atoms with Crippen molar-refractivity contribution in [3.63, 3.8) is 0 Å². The Labute approximate surface area is 150 Å². The SMILES string of the molecule is CCCCCCCC(C(=O)O)(C(=O)O)C(C)C.[LiH].[NaH]. The number of hydrogen-bond donors (Lipinski definition) is 2. The zero-order valence-corrected chi connectivity index (χ0v) is 11.0. The third-order valence-electron chi connectivity index (χ3n) is 3.42. The van der Waals surface area contributed by atoms with E-state index >= 15 is 0 Å². The molecule has 2 N–H and O–H groups in total. The van der Waals surface area contributed by atoms with E-state index in [4.69, 9.17) is 0 Å². The molecule has 0 amide bonds. The molecule has 0 fully saturated rings. The fourth-order valence-corrected chi connectivity index (χ4v) is 2.10. The normalized spacial score (nSPS) is 10.5. The molecule has 0 aromatic rings. The topological polar surface area (TPSA) is 74.6 Å². The first kappa shape index (κ1) is 24.5. The quantitative estimate of drug-likeness (QED) is 0.383. The average Bonchev–Trinajstić information content (AvgIpc) is 2.21. The summed E-state index contributed by atoms with van der Waals surface area (Å²) >= 11 is 0. The van der Waals surface area contributed by atoms with Crippen LogP contribution in [0.5, 0.6) is 0 Å². The number of carboxylic acid groups (broad SMARTS) is 2. The van der Waals surface area contributed by atoms with Gasteiger partial charge >= 0.3 is 60.4 Å². The molecule has 0 aromatic heterocycles. The van der Waals surface area contributed by atoms with Gasteiger partial charge in [-0.25, -0.2) is 0 Å². The second kappa shape index (κ2) is 12.3. The Bertz CT molecular complexity index is 255. The molecule has 4 nitrogen and oxygen atoms in total. The first-order valence-electron chi connectivity index (χ1n) is 6.36. The van der Waals surface area contributed by atoms with Crippen molar-refractivity contribution in [1.29, 1.82) is 0 Å². The Morgan fingerprint density at radius 1 is 1.00 bits per heavy atom. The maximum absolute atomic E-state index is 11.2. The van der Waals surface area contributed by atoms with Gasteiger partial charge in [0.15, 0.2) is 5.41 Å². The van der Waals surface area contributed by atoms with Gasteiger partial charge in [0.25, 0.3) is 0 Å². The Morgan fingerprint density at radius 2 is 1.42 bits per heavy atom. The Kier molecular flexibility index (Phi) is 15.9. The van der Waals surface area contributed by atoms with Crippen molar-refractivity contribution >= 4 is 60.4 Å². The van der Waals surface area contributed by atoms with Crippen molar-refractivity contribution in [3.05, 3.63) is 0 Å². The summed E-state index contributed by atoms with van der Waals surface area (Å²) in [5.41, 5.74) is -1.62. The van der Waals surface area contributed by atoms with Crippen LogP contribution in [-0.2, 0) is 9.59 Å². The van der Waals surface area contributed by atoms with E-state index in [0.717, 1.165) is 25.7 Å². The zero-order chi connectivity index (χ0) is 13.5. The minimum atomic E-state index is -1.62. The predicted octanol–water partition coefficient (Wildman–Crippen LogP) is 1.86.